The van der Waals surface area contributed by atoms with Gasteiger partial charge in [0.2, 0.25) is 0 Å². The summed E-state index contributed by atoms with van der Waals surface area (Å²) in [6.45, 7) is 2.15. The highest BCUT2D eigenvalue weighted by Gasteiger charge is 2.28. The lowest BCUT2D eigenvalue weighted by atomic mass is 10.1. The summed E-state index contributed by atoms with van der Waals surface area (Å²) in [7, 11) is -2.83. The van der Waals surface area contributed by atoms with Crippen LogP contribution in [0.3, 0.4) is 0 Å². The Balaban J connectivity index is 1.73. The number of carbonyl (C=O) groups excluding carboxylic acids is 1. The molecule has 92 valence electrons. The van der Waals surface area contributed by atoms with E-state index < -0.39 is 9.84 Å². The zero-order valence-corrected chi connectivity index (χ0v) is 10.1. The summed E-state index contributed by atoms with van der Waals surface area (Å²) >= 11 is 0. The summed E-state index contributed by atoms with van der Waals surface area (Å²) < 4.78 is 22.4. The molecular formula is C10H18N2O3S. The van der Waals surface area contributed by atoms with E-state index in [1.165, 1.54) is 0 Å². The summed E-state index contributed by atoms with van der Waals surface area (Å²) in [6, 6.07) is -0.0400. The van der Waals surface area contributed by atoms with Crippen LogP contribution in [0.25, 0.3) is 0 Å². The molecule has 0 spiro atoms. The Kier molecular flexibility index (Phi) is 3.37. The molecule has 2 rings (SSSR count). The van der Waals surface area contributed by atoms with Gasteiger partial charge in [-0.05, 0) is 25.2 Å². The Morgan fingerprint density at radius 2 is 2.00 bits per heavy atom. The van der Waals surface area contributed by atoms with Gasteiger partial charge in [-0.1, -0.05) is 0 Å². The van der Waals surface area contributed by atoms with Crippen LogP contribution in [0.4, 0.5) is 4.79 Å². The van der Waals surface area contributed by atoms with Crippen molar-refractivity contribution in [3.05, 3.63) is 0 Å². The van der Waals surface area contributed by atoms with E-state index in [0.717, 1.165) is 25.9 Å². The molecule has 6 heteroatoms. The molecule has 2 heterocycles. The number of carbonyl (C=O) groups is 1. The number of hydrogen-bond donors (Lipinski definition) is 1. The van der Waals surface area contributed by atoms with Crippen molar-refractivity contribution in [2.24, 2.45) is 5.92 Å². The number of likely N-dealkylation sites (tertiary alicyclic amines) is 1. The number of rotatable bonds is 2. The third-order valence-corrected chi connectivity index (χ3v) is 5.10. The van der Waals surface area contributed by atoms with Gasteiger partial charge in [0.15, 0.2) is 9.84 Å². The maximum Gasteiger partial charge on any atom is 0.317 e. The molecule has 2 aliphatic rings. The molecule has 0 aromatic heterocycles. The van der Waals surface area contributed by atoms with Gasteiger partial charge in [0.25, 0.3) is 0 Å². The van der Waals surface area contributed by atoms with Gasteiger partial charge in [-0.3, -0.25) is 0 Å². The molecular weight excluding hydrogens is 228 g/mol. The Labute approximate surface area is 96.1 Å². The molecule has 0 aromatic carbocycles. The molecule has 5 nitrogen and oxygen atoms in total. The van der Waals surface area contributed by atoms with E-state index in [4.69, 9.17) is 0 Å². The Hall–Kier alpha value is -0.780. The van der Waals surface area contributed by atoms with Crippen LogP contribution in [0.1, 0.15) is 19.3 Å². The third kappa shape index (κ3) is 2.87. The topological polar surface area (TPSA) is 66.5 Å². The van der Waals surface area contributed by atoms with E-state index in [2.05, 4.69) is 5.32 Å². The van der Waals surface area contributed by atoms with Crippen LogP contribution < -0.4 is 5.32 Å². The van der Waals surface area contributed by atoms with Crippen molar-refractivity contribution in [2.45, 2.75) is 19.3 Å². The van der Waals surface area contributed by atoms with Crippen LogP contribution in [0.5, 0.6) is 0 Å². The van der Waals surface area contributed by atoms with Gasteiger partial charge < -0.3 is 10.2 Å². The maximum absolute atomic E-state index is 11.6. The highest BCUT2D eigenvalue weighted by Crippen LogP contribution is 2.17. The second-order valence-corrected chi connectivity index (χ2v) is 6.88. The van der Waals surface area contributed by atoms with Gasteiger partial charge in [-0.25, -0.2) is 13.2 Å². The van der Waals surface area contributed by atoms with Gasteiger partial charge in [-0.2, -0.15) is 0 Å². The van der Waals surface area contributed by atoms with Crippen LogP contribution in [0.15, 0.2) is 0 Å². The number of urea groups is 1. The van der Waals surface area contributed by atoms with Gasteiger partial charge in [-0.15, -0.1) is 0 Å². The monoisotopic (exact) mass is 246 g/mol. The predicted octanol–water partition coefficient (Wildman–Crippen LogP) is 0.226. The van der Waals surface area contributed by atoms with Gasteiger partial charge in [0, 0.05) is 19.6 Å². The van der Waals surface area contributed by atoms with Crippen LogP contribution in [-0.2, 0) is 9.84 Å². The highest BCUT2D eigenvalue weighted by atomic mass is 32.2. The first kappa shape index (κ1) is 11.7. The van der Waals surface area contributed by atoms with Gasteiger partial charge in [0.1, 0.15) is 0 Å². The quantitative estimate of drug-likeness (QED) is 0.758. The predicted molar refractivity (Wildman–Crippen MR) is 61.0 cm³/mol. The first-order chi connectivity index (χ1) is 7.57. The number of nitrogens with one attached hydrogen (secondary N) is 1. The summed E-state index contributed by atoms with van der Waals surface area (Å²) in [6.07, 6.45) is 2.83. The summed E-state index contributed by atoms with van der Waals surface area (Å²) in [5, 5.41) is 2.83. The van der Waals surface area contributed by atoms with Crippen molar-refractivity contribution in [2.75, 3.05) is 31.1 Å². The molecule has 2 fully saturated rings. The molecule has 0 saturated carbocycles. The SMILES string of the molecule is O=C(NCC1CCS(=O)(=O)C1)N1CCCC1. The number of amides is 2. The normalized spacial score (nSPS) is 28.2. The molecule has 0 bridgehead atoms. The van der Waals surface area contributed by atoms with E-state index in [0.29, 0.717) is 13.0 Å². The Bertz CT molecular complexity index is 360. The molecule has 1 unspecified atom stereocenters. The largest absolute Gasteiger partial charge is 0.338 e. The van der Waals surface area contributed by atoms with Crippen LogP contribution in [-0.4, -0.2) is 50.5 Å². The number of nitrogens with zero attached hydrogens (tertiary/aromatic N) is 1. The molecule has 0 aromatic rings. The zero-order chi connectivity index (χ0) is 11.6. The Morgan fingerprint density at radius 1 is 1.31 bits per heavy atom. The van der Waals surface area contributed by atoms with Gasteiger partial charge in [0.05, 0.1) is 11.5 Å². The lowest BCUT2D eigenvalue weighted by Gasteiger charge is -2.17. The van der Waals surface area contributed by atoms with Crippen molar-refractivity contribution >= 4 is 15.9 Å². The second kappa shape index (κ2) is 4.61. The minimum Gasteiger partial charge on any atom is -0.338 e. The van der Waals surface area contributed by atoms with Crippen molar-refractivity contribution in [3.8, 4) is 0 Å². The molecule has 0 aliphatic carbocycles. The van der Waals surface area contributed by atoms with E-state index in [1.807, 2.05) is 0 Å². The van der Waals surface area contributed by atoms with E-state index in [-0.39, 0.29) is 23.5 Å². The van der Waals surface area contributed by atoms with Crippen molar-refractivity contribution in [3.63, 3.8) is 0 Å². The summed E-state index contributed by atoms with van der Waals surface area (Å²) in [5.41, 5.74) is 0. The fourth-order valence-electron chi connectivity index (χ4n) is 2.30. The second-order valence-electron chi connectivity index (χ2n) is 4.65. The van der Waals surface area contributed by atoms with E-state index >= 15 is 0 Å². The fourth-order valence-corrected chi connectivity index (χ4v) is 4.16. The summed E-state index contributed by atoms with van der Waals surface area (Å²) in [4.78, 5) is 13.4. The molecule has 1 N–H and O–H groups in total. The molecule has 0 radical (unpaired) electrons. The van der Waals surface area contributed by atoms with Crippen molar-refractivity contribution in [1.29, 1.82) is 0 Å². The molecule has 16 heavy (non-hydrogen) atoms. The van der Waals surface area contributed by atoms with E-state index in [1.54, 1.807) is 4.90 Å². The highest BCUT2D eigenvalue weighted by molar-refractivity contribution is 7.91. The van der Waals surface area contributed by atoms with Crippen LogP contribution in [0.2, 0.25) is 0 Å². The van der Waals surface area contributed by atoms with Crippen molar-refractivity contribution < 1.29 is 13.2 Å². The molecule has 2 saturated heterocycles. The first-order valence-corrected chi connectivity index (χ1v) is 7.62. The van der Waals surface area contributed by atoms with Crippen LogP contribution in [0, 0.1) is 5.92 Å². The lowest BCUT2D eigenvalue weighted by molar-refractivity contribution is 0.207. The number of sulfone groups is 1. The maximum atomic E-state index is 11.6. The average molecular weight is 246 g/mol. The fraction of sp³-hybridized carbons (Fsp3) is 0.900. The lowest BCUT2D eigenvalue weighted by Crippen LogP contribution is -2.40. The summed E-state index contributed by atoms with van der Waals surface area (Å²) in [5.74, 6) is 0.612. The molecule has 1 atom stereocenters. The van der Waals surface area contributed by atoms with E-state index in [9.17, 15) is 13.2 Å². The smallest absolute Gasteiger partial charge is 0.317 e. The van der Waals surface area contributed by atoms with Gasteiger partial charge >= 0.3 is 6.03 Å². The minimum absolute atomic E-state index is 0.0400. The standard InChI is InChI=1S/C10H18N2O3S/c13-10(12-4-1-2-5-12)11-7-9-3-6-16(14,15)8-9/h9H,1-8H2,(H,11,13). The van der Waals surface area contributed by atoms with Crippen LogP contribution >= 0.6 is 0 Å². The first-order valence-electron chi connectivity index (χ1n) is 5.80. The van der Waals surface area contributed by atoms with Crippen molar-refractivity contribution in [1.82, 2.24) is 10.2 Å². The minimum atomic E-state index is -2.83. The average Bonchev–Trinajstić information content (AvgIpc) is 2.83. The molecule has 2 amide bonds. The molecule has 2 aliphatic heterocycles. The number of hydrogen-bond acceptors (Lipinski definition) is 3. The zero-order valence-electron chi connectivity index (χ0n) is 9.31. The Morgan fingerprint density at radius 3 is 2.56 bits per heavy atom. The third-order valence-electron chi connectivity index (χ3n) is 3.26.